The summed E-state index contributed by atoms with van der Waals surface area (Å²) >= 11 is 0. The van der Waals surface area contributed by atoms with Crippen molar-refractivity contribution in [3.05, 3.63) is 59.7 Å². The molecule has 21 heavy (non-hydrogen) atoms. The van der Waals surface area contributed by atoms with E-state index in [-0.39, 0.29) is 12.1 Å². The molecule has 2 aromatic carbocycles. The van der Waals surface area contributed by atoms with Gasteiger partial charge in [0, 0.05) is 17.7 Å². The van der Waals surface area contributed by atoms with Gasteiger partial charge in [-0.1, -0.05) is 49.7 Å². The number of para-hydroxylation sites is 2. The Morgan fingerprint density at radius 3 is 2.19 bits per heavy atom. The lowest BCUT2D eigenvalue weighted by Crippen LogP contribution is -2.32. The fourth-order valence-electron chi connectivity index (χ4n) is 2.82. The number of aliphatic hydroxyl groups is 1. The Hall–Kier alpha value is -1.84. The summed E-state index contributed by atoms with van der Waals surface area (Å²) in [6, 6.07) is 16.2. The standard InChI is InChI=1S/C18H21NO2/c1-2-7-13(20)12-19-18-14-8-3-5-10-16(14)21-17-11-6-4-9-15(17)18/h3-6,8-11,13,18-20H,2,7,12H2,1H3. The van der Waals surface area contributed by atoms with Gasteiger partial charge in [0.05, 0.1) is 12.1 Å². The highest BCUT2D eigenvalue weighted by Gasteiger charge is 2.26. The van der Waals surface area contributed by atoms with Crippen molar-refractivity contribution in [2.45, 2.75) is 31.9 Å². The summed E-state index contributed by atoms with van der Waals surface area (Å²) in [4.78, 5) is 0. The molecule has 2 aromatic rings. The Balaban J connectivity index is 1.88. The zero-order chi connectivity index (χ0) is 14.7. The normalized spacial score (nSPS) is 15.0. The van der Waals surface area contributed by atoms with Crippen molar-refractivity contribution in [3.63, 3.8) is 0 Å². The third-order valence-corrected chi connectivity index (χ3v) is 3.86. The third-order valence-electron chi connectivity index (χ3n) is 3.86. The third kappa shape index (κ3) is 2.94. The van der Waals surface area contributed by atoms with E-state index in [4.69, 9.17) is 4.74 Å². The van der Waals surface area contributed by atoms with E-state index in [1.165, 1.54) is 0 Å². The van der Waals surface area contributed by atoms with Crippen molar-refractivity contribution in [3.8, 4) is 11.5 Å². The van der Waals surface area contributed by atoms with Crippen LogP contribution >= 0.6 is 0 Å². The van der Waals surface area contributed by atoms with E-state index in [2.05, 4.69) is 24.4 Å². The van der Waals surface area contributed by atoms with E-state index in [0.29, 0.717) is 6.54 Å². The van der Waals surface area contributed by atoms with E-state index in [1.54, 1.807) is 0 Å². The molecular formula is C18H21NO2. The minimum absolute atomic E-state index is 0.0673. The van der Waals surface area contributed by atoms with Gasteiger partial charge in [0.25, 0.3) is 0 Å². The molecule has 1 aliphatic heterocycles. The largest absolute Gasteiger partial charge is 0.457 e. The number of aliphatic hydroxyl groups excluding tert-OH is 1. The van der Waals surface area contributed by atoms with Gasteiger partial charge < -0.3 is 15.2 Å². The summed E-state index contributed by atoms with van der Waals surface area (Å²) in [6.07, 6.45) is 1.50. The molecule has 2 N–H and O–H groups in total. The monoisotopic (exact) mass is 283 g/mol. The molecule has 110 valence electrons. The summed E-state index contributed by atoms with van der Waals surface area (Å²) in [5.74, 6) is 1.78. The van der Waals surface area contributed by atoms with Gasteiger partial charge in [-0.25, -0.2) is 0 Å². The molecule has 3 heteroatoms. The molecule has 0 bridgehead atoms. The molecule has 0 radical (unpaired) electrons. The van der Waals surface area contributed by atoms with Crippen LogP contribution in [-0.4, -0.2) is 17.8 Å². The summed E-state index contributed by atoms with van der Waals surface area (Å²) in [5, 5.41) is 13.5. The van der Waals surface area contributed by atoms with E-state index in [9.17, 15) is 5.11 Å². The summed E-state index contributed by atoms with van der Waals surface area (Å²) in [6.45, 7) is 2.67. The van der Waals surface area contributed by atoms with Crippen LogP contribution in [0.2, 0.25) is 0 Å². The average Bonchev–Trinajstić information content (AvgIpc) is 2.51. The minimum Gasteiger partial charge on any atom is -0.457 e. The highest BCUT2D eigenvalue weighted by molar-refractivity contribution is 5.52. The van der Waals surface area contributed by atoms with Gasteiger partial charge in [-0.05, 0) is 18.6 Å². The molecule has 1 heterocycles. The predicted molar refractivity (Wildman–Crippen MR) is 83.7 cm³/mol. The van der Waals surface area contributed by atoms with Crippen LogP contribution in [0.15, 0.2) is 48.5 Å². The lowest BCUT2D eigenvalue weighted by molar-refractivity contribution is 0.157. The van der Waals surface area contributed by atoms with Gasteiger partial charge in [0.2, 0.25) is 0 Å². The van der Waals surface area contributed by atoms with Crippen molar-refractivity contribution < 1.29 is 9.84 Å². The van der Waals surface area contributed by atoms with Crippen LogP contribution < -0.4 is 10.1 Å². The zero-order valence-electron chi connectivity index (χ0n) is 12.3. The Morgan fingerprint density at radius 1 is 1.05 bits per heavy atom. The molecule has 0 saturated heterocycles. The molecule has 1 unspecified atom stereocenters. The van der Waals surface area contributed by atoms with Crippen LogP contribution in [0.5, 0.6) is 11.5 Å². The van der Waals surface area contributed by atoms with Crippen LogP contribution in [0.3, 0.4) is 0 Å². The summed E-state index contributed by atoms with van der Waals surface area (Å²) in [7, 11) is 0. The average molecular weight is 283 g/mol. The van der Waals surface area contributed by atoms with Gasteiger partial charge >= 0.3 is 0 Å². The predicted octanol–water partition coefficient (Wildman–Crippen LogP) is 3.63. The molecule has 0 saturated carbocycles. The van der Waals surface area contributed by atoms with Crippen LogP contribution in [-0.2, 0) is 0 Å². The Labute approximate surface area is 125 Å². The molecule has 0 spiro atoms. The van der Waals surface area contributed by atoms with Crippen LogP contribution in [0.4, 0.5) is 0 Å². The molecular weight excluding hydrogens is 262 g/mol. The van der Waals surface area contributed by atoms with Crippen molar-refractivity contribution in [2.24, 2.45) is 0 Å². The molecule has 0 amide bonds. The van der Waals surface area contributed by atoms with E-state index in [1.807, 2.05) is 36.4 Å². The first-order valence-electron chi connectivity index (χ1n) is 7.56. The lowest BCUT2D eigenvalue weighted by Gasteiger charge is -2.29. The number of fused-ring (bicyclic) bond motifs is 2. The van der Waals surface area contributed by atoms with E-state index in [0.717, 1.165) is 35.5 Å². The number of benzene rings is 2. The van der Waals surface area contributed by atoms with Crippen molar-refractivity contribution in [1.82, 2.24) is 5.32 Å². The first-order chi connectivity index (χ1) is 10.3. The highest BCUT2D eigenvalue weighted by atomic mass is 16.5. The molecule has 0 aromatic heterocycles. The van der Waals surface area contributed by atoms with Crippen LogP contribution in [0.25, 0.3) is 0 Å². The maximum absolute atomic E-state index is 9.98. The minimum atomic E-state index is -0.308. The van der Waals surface area contributed by atoms with Gasteiger partial charge in [0.1, 0.15) is 11.5 Å². The fourth-order valence-corrected chi connectivity index (χ4v) is 2.82. The molecule has 1 aliphatic rings. The first-order valence-corrected chi connectivity index (χ1v) is 7.56. The topological polar surface area (TPSA) is 41.5 Å². The molecule has 3 rings (SSSR count). The number of hydrogen-bond donors (Lipinski definition) is 2. The molecule has 1 atom stereocenters. The quantitative estimate of drug-likeness (QED) is 0.880. The van der Waals surface area contributed by atoms with E-state index >= 15 is 0 Å². The number of ether oxygens (including phenoxy) is 1. The van der Waals surface area contributed by atoms with Gasteiger partial charge in [-0.15, -0.1) is 0 Å². The Bertz CT molecular complexity index is 566. The highest BCUT2D eigenvalue weighted by Crippen LogP contribution is 2.42. The molecule has 0 aliphatic carbocycles. The number of hydrogen-bond acceptors (Lipinski definition) is 3. The fraction of sp³-hybridized carbons (Fsp3) is 0.333. The van der Waals surface area contributed by atoms with Gasteiger partial charge in [-0.3, -0.25) is 0 Å². The number of rotatable bonds is 5. The van der Waals surface area contributed by atoms with Crippen molar-refractivity contribution in [2.75, 3.05) is 6.54 Å². The maximum atomic E-state index is 9.98. The smallest absolute Gasteiger partial charge is 0.132 e. The van der Waals surface area contributed by atoms with Gasteiger partial charge in [0.15, 0.2) is 0 Å². The van der Waals surface area contributed by atoms with Crippen LogP contribution in [0, 0.1) is 0 Å². The second-order valence-electron chi connectivity index (χ2n) is 5.46. The van der Waals surface area contributed by atoms with Crippen molar-refractivity contribution in [1.29, 1.82) is 0 Å². The SMILES string of the molecule is CCCC(O)CNC1c2ccccc2Oc2ccccc21. The maximum Gasteiger partial charge on any atom is 0.132 e. The van der Waals surface area contributed by atoms with Crippen LogP contribution in [0.1, 0.15) is 36.9 Å². The number of nitrogens with one attached hydrogen (secondary N) is 1. The van der Waals surface area contributed by atoms with Crippen molar-refractivity contribution >= 4 is 0 Å². The second-order valence-corrected chi connectivity index (χ2v) is 5.46. The summed E-state index contributed by atoms with van der Waals surface area (Å²) in [5.41, 5.74) is 2.25. The Morgan fingerprint density at radius 2 is 1.62 bits per heavy atom. The molecule has 3 nitrogen and oxygen atoms in total. The Kier molecular flexibility index (Phi) is 4.23. The second kappa shape index (κ2) is 6.29. The lowest BCUT2D eigenvalue weighted by atomic mass is 9.94. The summed E-state index contributed by atoms with van der Waals surface area (Å²) < 4.78 is 5.96. The zero-order valence-corrected chi connectivity index (χ0v) is 12.3. The first kappa shape index (κ1) is 14.1. The van der Waals surface area contributed by atoms with E-state index < -0.39 is 0 Å². The molecule has 0 fully saturated rings. The van der Waals surface area contributed by atoms with Gasteiger partial charge in [-0.2, -0.15) is 0 Å².